The number of carbonyl (C=O) groups is 2. The van der Waals surface area contributed by atoms with Gasteiger partial charge in [-0.15, -0.1) is 0 Å². The van der Waals surface area contributed by atoms with Crippen LogP contribution in [0.3, 0.4) is 0 Å². The molecule has 0 spiro atoms. The van der Waals surface area contributed by atoms with Crippen molar-refractivity contribution in [2.24, 2.45) is 5.92 Å². The predicted octanol–water partition coefficient (Wildman–Crippen LogP) is -0.110. The van der Waals surface area contributed by atoms with Gasteiger partial charge in [0.25, 0.3) is 0 Å². The summed E-state index contributed by atoms with van der Waals surface area (Å²) >= 11 is 0. The van der Waals surface area contributed by atoms with E-state index in [0.717, 1.165) is 19.8 Å². The number of carboxylic acid groups (broad SMARTS) is 1. The molecule has 1 atom stereocenters. The third-order valence-electron chi connectivity index (χ3n) is 3.26. The monoisotopic (exact) mass is 274 g/mol. The van der Waals surface area contributed by atoms with E-state index in [0.29, 0.717) is 25.7 Å². The summed E-state index contributed by atoms with van der Waals surface area (Å²) in [6.07, 6.45) is 1.84. The van der Waals surface area contributed by atoms with Gasteiger partial charge in [0.1, 0.15) is 0 Å². The Balaban J connectivity index is 2.34. The summed E-state index contributed by atoms with van der Waals surface area (Å²) in [5.41, 5.74) is -1.95. The molecule has 0 aliphatic carbocycles. The van der Waals surface area contributed by atoms with Gasteiger partial charge in [-0.25, -0.2) is 9.59 Å². The number of rotatable bonds is 5. The van der Waals surface area contributed by atoms with Crippen LogP contribution in [-0.2, 0) is 9.53 Å². The van der Waals surface area contributed by atoms with Gasteiger partial charge in [0.2, 0.25) is 0 Å². The Hall–Kier alpha value is -1.34. The molecule has 110 valence electrons. The van der Waals surface area contributed by atoms with Gasteiger partial charge in [0.15, 0.2) is 5.60 Å². The van der Waals surface area contributed by atoms with E-state index in [9.17, 15) is 14.7 Å². The Morgan fingerprint density at radius 1 is 1.42 bits per heavy atom. The van der Waals surface area contributed by atoms with Crippen molar-refractivity contribution in [1.29, 1.82) is 0 Å². The van der Waals surface area contributed by atoms with Crippen LogP contribution in [0.1, 0.15) is 19.8 Å². The zero-order chi connectivity index (χ0) is 14.5. The summed E-state index contributed by atoms with van der Waals surface area (Å²) in [6.45, 7) is 2.86. The Kier molecular flexibility index (Phi) is 5.56. The van der Waals surface area contributed by atoms with Crippen molar-refractivity contribution in [3.63, 3.8) is 0 Å². The molecule has 1 fully saturated rings. The average molecular weight is 274 g/mol. The van der Waals surface area contributed by atoms with E-state index in [4.69, 9.17) is 9.84 Å². The molecule has 0 aromatic heterocycles. The van der Waals surface area contributed by atoms with Crippen LogP contribution < -0.4 is 5.32 Å². The van der Waals surface area contributed by atoms with Crippen molar-refractivity contribution in [1.82, 2.24) is 10.2 Å². The molecule has 0 aromatic carbocycles. The zero-order valence-electron chi connectivity index (χ0n) is 11.4. The molecule has 0 saturated carbocycles. The van der Waals surface area contributed by atoms with Crippen molar-refractivity contribution in [3.8, 4) is 0 Å². The Morgan fingerprint density at radius 3 is 2.53 bits per heavy atom. The van der Waals surface area contributed by atoms with Crippen LogP contribution in [0, 0.1) is 5.92 Å². The fourth-order valence-corrected chi connectivity index (χ4v) is 1.86. The van der Waals surface area contributed by atoms with Gasteiger partial charge >= 0.3 is 12.0 Å². The summed E-state index contributed by atoms with van der Waals surface area (Å²) in [5, 5.41) is 20.6. The average Bonchev–Trinajstić information content (AvgIpc) is 2.37. The normalized spacial score (nSPS) is 19.5. The number of hydrogen-bond donors (Lipinski definition) is 3. The van der Waals surface area contributed by atoms with Crippen molar-refractivity contribution < 1.29 is 24.5 Å². The van der Waals surface area contributed by atoms with Gasteiger partial charge in [-0.2, -0.15) is 0 Å². The predicted molar refractivity (Wildman–Crippen MR) is 67.8 cm³/mol. The second-order valence-electron chi connectivity index (χ2n) is 5.17. The van der Waals surface area contributed by atoms with Gasteiger partial charge in [-0.05, 0) is 25.7 Å². The van der Waals surface area contributed by atoms with Crippen LogP contribution in [0.4, 0.5) is 4.79 Å². The number of carboxylic acids is 1. The molecule has 2 amide bonds. The maximum absolute atomic E-state index is 11.8. The van der Waals surface area contributed by atoms with E-state index >= 15 is 0 Å². The van der Waals surface area contributed by atoms with E-state index in [1.807, 2.05) is 0 Å². The van der Waals surface area contributed by atoms with Crippen molar-refractivity contribution >= 4 is 12.0 Å². The van der Waals surface area contributed by atoms with Crippen LogP contribution in [0.2, 0.25) is 0 Å². The second kappa shape index (κ2) is 6.72. The summed E-state index contributed by atoms with van der Waals surface area (Å²) in [4.78, 5) is 24.0. The SMILES string of the molecule is CN(CC1CCOCC1)C(=O)NCC(C)(O)C(=O)O. The standard InChI is InChI=1S/C12H22N2O5/c1-12(18,10(15)16)8-13-11(17)14(2)7-9-3-5-19-6-4-9/h9,18H,3-8H2,1-2H3,(H,13,17)(H,15,16). The number of ether oxygens (including phenoxy) is 1. The number of urea groups is 1. The van der Waals surface area contributed by atoms with Gasteiger partial charge < -0.3 is 25.2 Å². The van der Waals surface area contributed by atoms with Crippen LogP contribution in [0.25, 0.3) is 0 Å². The number of aliphatic carboxylic acids is 1. The summed E-state index contributed by atoms with van der Waals surface area (Å²) in [6, 6.07) is -0.381. The summed E-state index contributed by atoms with van der Waals surface area (Å²) in [5.74, 6) is -0.954. The number of nitrogens with zero attached hydrogens (tertiary/aromatic N) is 1. The molecule has 0 bridgehead atoms. The molecule has 7 nitrogen and oxygen atoms in total. The fourth-order valence-electron chi connectivity index (χ4n) is 1.86. The lowest BCUT2D eigenvalue weighted by atomic mass is 10.00. The topological polar surface area (TPSA) is 99.1 Å². The third kappa shape index (κ3) is 5.04. The highest BCUT2D eigenvalue weighted by Crippen LogP contribution is 2.15. The molecule has 0 radical (unpaired) electrons. The maximum Gasteiger partial charge on any atom is 0.337 e. The highest BCUT2D eigenvalue weighted by atomic mass is 16.5. The first-order valence-corrected chi connectivity index (χ1v) is 6.35. The fraction of sp³-hybridized carbons (Fsp3) is 0.833. The van der Waals surface area contributed by atoms with Crippen LogP contribution in [-0.4, -0.2) is 66.1 Å². The maximum atomic E-state index is 11.8. The number of amides is 2. The first kappa shape index (κ1) is 15.7. The molecule has 1 heterocycles. The van der Waals surface area contributed by atoms with Gasteiger partial charge in [0, 0.05) is 26.8 Å². The largest absolute Gasteiger partial charge is 0.479 e. The lowest BCUT2D eigenvalue weighted by molar-refractivity contribution is -0.155. The lowest BCUT2D eigenvalue weighted by Gasteiger charge is -2.28. The third-order valence-corrected chi connectivity index (χ3v) is 3.26. The minimum absolute atomic E-state index is 0.320. The first-order valence-electron chi connectivity index (χ1n) is 6.35. The van der Waals surface area contributed by atoms with E-state index in [2.05, 4.69) is 5.32 Å². The lowest BCUT2D eigenvalue weighted by Crippen LogP contribution is -2.50. The van der Waals surface area contributed by atoms with Crippen LogP contribution in [0.5, 0.6) is 0 Å². The Morgan fingerprint density at radius 2 is 2.00 bits per heavy atom. The molecule has 0 aromatic rings. The minimum atomic E-state index is -1.95. The van der Waals surface area contributed by atoms with Gasteiger partial charge in [0.05, 0.1) is 6.54 Å². The highest BCUT2D eigenvalue weighted by Gasteiger charge is 2.30. The Labute approximate surface area is 112 Å². The molecular formula is C12H22N2O5. The molecule has 1 aliphatic rings. The van der Waals surface area contributed by atoms with Crippen molar-refractivity contribution in [2.45, 2.75) is 25.4 Å². The number of hydrogen-bond acceptors (Lipinski definition) is 4. The number of nitrogens with one attached hydrogen (secondary N) is 1. The van der Waals surface area contributed by atoms with Gasteiger partial charge in [-0.1, -0.05) is 0 Å². The van der Waals surface area contributed by atoms with Crippen molar-refractivity contribution in [3.05, 3.63) is 0 Å². The molecule has 1 rings (SSSR count). The van der Waals surface area contributed by atoms with E-state index < -0.39 is 11.6 Å². The first-order chi connectivity index (χ1) is 8.83. The van der Waals surface area contributed by atoms with E-state index in [-0.39, 0.29) is 12.6 Å². The molecule has 7 heteroatoms. The van der Waals surface area contributed by atoms with Crippen LogP contribution >= 0.6 is 0 Å². The van der Waals surface area contributed by atoms with Gasteiger partial charge in [-0.3, -0.25) is 0 Å². The quantitative estimate of drug-likeness (QED) is 0.649. The summed E-state index contributed by atoms with van der Waals surface area (Å²) in [7, 11) is 1.65. The number of carbonyl (C=O) groups excluding carboxylic acids is 1. The smallest absolute Gasteiger partial charge is 0.337 e. The number of aliphatic hydroxyl groups is 1. The Bertz CT molecular complexity index is 326. The molecular weight excluding hydrogens is 252 g/mol. The highest BCUT2D eigenvalue weighted by molar-refractivity contribution is 5.79. The molecule has 19 heavy (non-hydrogen) atoms. The summed E-state index contributed by atoms with van der Waals surface area (Å²) < 4.78 is 5.24. The molecule has 3 N–H and O–H groups in total. The second-order valence-corrected chi connectivity index (χ2v) is 5.17. The van der Waals surface area contributed by atoms with E-state index in [1.165, 1.54) is 4.90 Å². The van der Waals surface area contributed by atoms with Crippen molar-refractivity contribution in [2.75, 3.05) is 33.4 Å². The molecule has 1 unspecified atom stereocenters. The minimum Gasteiger partial charge on any atom is -0.479 e. The molecule has 1 saturated heterocycles. The van der Waals surface area contributed by atoms with E-state index in [1.54, 1.807) is 7.05 Å². The molecule has 1 aliphatic heterocycles. The van der Waals surface area contributed by atoms with Crippen LogP contribution in [0.15, 0.2) is 0 Å². The zero-order valence-corrected chi connectivity index (χ0v) is 11.4.